The van der Waals surface area contributed by atoms with E-state index in [-0.39, 0.29) is 27.0 Å². The zero-order valence-electron chi connectivity index (χ0n) is 7.39. The molecular weight excluding hydrogens is 272 g/mol. The van der Waals surface area contributed by atoms with Crippen molar-refractivity contribution in [2.75, 3.05) is 13.2 Å². The van der Waals surface area contributed by atoms with Gasteiger partial charge in [-0.2, -0.15) is 0 Å². The Hall–Kier alpha value is -0.478. The van der Waals surface area contributed by atoms with E-state index in [9.17, 15) is 0 Å². The van der Waals surface area contributed by atoms with E-state index in [0.29, 0.717) is 6.54 Å². The summed E-state index contributed by atoms with van der Waals surface area (Å²) in [6, 6.07) is 0. The van der Waals surface area contributed by atoms with Crippen LogP contribution in [-0.2, 0) is 30.0 Å². The molecular formula is C6H13NO5Pd. The summed E-state index contributed by atoms with van der Waals surface area (Å²) in [5.74, 6) is -2.17. The monoisotopic (exact) mass is 285 g/mol. The number of carboxylic acid groups (broad SMARTS) is 2. The Bertz CT molecular complexity index is 97.6. The summed E-state index contributed by atoms with van der Waals surface area (Å²) in [5.41, 5.74) is 4.78. The molecule has 0 radical (unpaired) electrons. The molecule has 82 valence electrons. The standard InChI is InChI=1S/C2H7NO.2C2H4O2.Pd/c3-1-2-4;2*1-2(3)4;/h4H,1-3H2;2*1H3,(H,3,4);/q;;;+2/p-2. The normalized spacial score (nSPS) is 6.15. The summed E-state index contributed by atoms with van der Waals surface area (Å²) in [7, 11) is 0. The van der Waals surface area contributed by atoms with Crippen molar-refractivity contribution >= 4 is 11.9 Å². The van der Waals surface area contributed by atoms with E-state index in [2.05, 4.69) is 0 Å². The molecule has 6 nitrogen and oxygen atoms in total. The van der Waals surface area contributed by atoms with Crippen LogP contribution in [0.5, 0.6) is 0 Å². The molecule has 7 heteroatoms. The van der Waals surface area contributed by atoms with E-state index in [1.807, 2.05) is 0 Å². The van der Waals surface area contributed by atoms with Crippen molar-refractivity contribution in [3.05, 3.63) is 0 Å². The van der Waals surface area contributed by atoms with Crippen LogP contribution in [-0.4, -0.2) is 30.2 Å². The van der Waals surface area contributed by atoms with Crippen LogP contribution in [0.4, 0.5) is 0 Å². The minimum Gasteiger partial charge on any atom is -0.550 e. The van der Waals surface area contributed by atoms with Gasteiger partial charge in [0.2, 0.25) is 0 Å². The van der Waals surface area contributed by atoms with Gasteiger partial charge in [0, 0.05) is 18.5 Å². The molecule has 0 aromatic heterocycles. The van der Waals surface area contributed by atoms with Crippen LogP contribution in [0, 0.1) is 0 Å². The molecule has 13 heavy (non-hydrogen) atoms. The molecule has 0 aliphatic carbocycles. The van der Waals surface area contributed by atoms with Crippen molar-refractivity contribution in [1.29, 1.82) is 0 Å². The van der Waals surface area contributed by atoms with Crippen LogP contribution in [0.2, 0.25) is 0 Å². The fraction of sp³-hybridized carbons (Fsp3) is 0.667. The molecule has 0 aliphatic heterocycles. The molecule has 3 N–H and O–H groups in total. The molecule has 0 saturated heterocycles. The van der Waals surface area contributed by atoms with Gasteiger partial charge >= 0.3 is 20.4 Å². The second-order valence-corrected chi connectivity index (χ2v) is 1.50. The number of carbonyl (C=O) groups is 2. The first-order valence-corrected chi connectivity index (χ1v) is 3.04. The quantitative estimate of drug-likeness (QED) is 0.480. The number of aliphatic hydroxyl groups excluding tert-OH is 1. The summed E-state index contributed by atoms with van der Waals surface area (Å²) < 4.78 is 0. The molecule has 0 bridgehead atoms. The van der Waals surface area contributed by atoms with Crippen molar-refractivity contribution in [2.45, 2.75) is 13.8 Å². The van der Waals surface area contributed by atoms with Crippen LogP contribution in [0.25, 0.3) is 0 Å². The number of nitrogens with two attached hydrogens (primary N) is 1. The zero-order valence-corrected chi connectivity index (χ0v) is 8.94. The maximum Gasteiger partial charge on any atom is 2.00 e. The molecule has 0 spiro atoms. The van der Waals surface area contributed by atoms with Crippen LogP contribution in [0.3, 0.4) is 0 Å². The van der Waals surface area contributed by atoms with Crippen molar-refractivity contribution in [2.24, 2.45) is 5.73 Å². The van der Waals surface area contributed by atoms with Gasteiger partial charge in [0.15, 0.2) is 0 Å². The van der Waals surface area contributed by atoms with Crippen molar-refractivity contribution < 1.29 is 45.3 Å². The fourth-order valence-corrected chi connectivity index (χ4v) is 0. The van der Waals surface area contributed by atoms with Gasteiger partial charge in [-0.05, 0) is 13.8 Å². The third-order valence-corrected chi connectivity index (χ3v) is 0.129. The topological polar surface area (TPSA) is 127 Å². The summed E-state index contributed by atoms with van der Waals surface area (Å²) >= 11 is 0. The maximum atomic E-state index is 8.89. The van der Waals surface area contributed by atoms with Gasteiger partial charge in [-0.3, -0.25) is 0 Å². The molecule has 0 amide bonds. The number of hydrogen-bond acceptors (Lipinski definition) is 6. The average molecular weight is 286 g/mol. The summed E-state index contributed by atoms with van der Waals surface area (Å²) in [4.78, 5) is 17.8. The Balaban J connectivity index is -0.0000000450. The van der Waals surface area contributed by atoms with E-state index in [0.717, 1.165) is 13.8 Å². The van der Waals surface area contributed by atoms with Crippen LogP contribution in [0.15, 0.2) is 0 Å². The molecule has 0 heterocycles. The Labute approximate surface area is 90.4 Å². The van der Waals surface area contributed by atoms with Crippen molar-refractivity contribution in [1.82, 2.24) is 0 Å². The number of carbonyl (C=O) groups excluding carboxylic acids is 2. The van der Waals surface area contributed by atoms with E-state index in [1.54, 1.807) is 0 Å². The van der Waals surface area contributed by atoms with Gasteiger partial charge in [0.1, 0.15) is 0 Å². The predicted molar refractivity (Wildman–Crippen MR) is 37.5 cm³/mol. The molecule has 0 aromatic carbocycles. The second-order valence-electron chi connectivity index (χ2n) is 1.50. The smallest absolute Gasteiger partial charge is 0.550 e. The summed E-state index contributed by atoms with van der Waals surface area (Å²) in [5, 5.41) is 25.5. The molecule has 0 atom stereocenters. The summed E-state index contributed by atoms with van der Waals surface area (Å²) in [6.45, 7) is 2.42. The number of rotatable bonds is 1. The Morgan fingerprint density at radius 1 is 1.23 bits per heavy atom. The van der Waals surface area contributed by atoms with Gasteiger partial charge in [-0.1, -0.05) is 0 Å². The first kappa shape index (κ1) is 22.9. The number of hydrogen-bond donors (Lipinski definition) is 2. The third-order valence-electron chi connectivity index (χ3n) is 0.129. The average Bonchev–Trinajstić information content (AvgIpc) is 1.85. The summed E-state index contributed by atoms with van der Waals surface area (Å²) in [6.07, 6.45) is 0. The van der Waals surface area contributed by atoms with Gasteiger partial charge in [-0.25, -0.2) is 0 Å². The molecule has 0 aliphatic rings. The van der Waals surface area contributed by atoms with Gasteiger partial charge in [0.05, 0.1) is 6.61 Å². The van der Waals surface area contributed by atoms with E-state index in [1.165, 1.54) is 0 Å². The van der Waals surface area contributed by atoms with Crippen LogP contribution in [0.1, 0.15) is 13.8 Å². The maximum absolute atomic E-state index is 8.89. The largest absolute Gasteiger partial charge is 2.00 e. The molecule has 0 unspecified atom stereocenters. The van der Waals surface area contributed by atoms with Crippen LogP contribution >= 0.6 is 0 Å². The minimum absolute atomic E-state index is 0. The van der Waals surface area contributed by atoms with Gasteiger partial charge in [0.25, 0.3) is 0 Å². The zero-order chi connectivity index (χ0) is 10.6. The second kappa shape index (κ2) is 22.5. The Morgan fingerprint density at radius 2 is 1.31 bits per heavy atom. The van der Waals surface area contributed by atoms with Crippen LogP contribution < -0.4 is 15.9 Å². The van der Waals surface area contributed by atoms with Gasteiger partial charge in [-0.15, -0.1) is 0 Å². The fourth-order valence-electron chi connectivity index (χ4n) is 0. The Kier molecular flexibility index (Phi) is 39.7. The third kappa shape index (κ3) is 3830. The predicted octanol–water partition coefficient (Wildman–Crippen LogP) is -3.55. The van der Waals surface area contributed by atoms with Crippen molar-refractivity contribution in [3.63, 3.8) is 0 Å². The molecule has 0 rings (SSSR count). The molecule has 0 aromatic rings. The minimum atomic E-state index is -1.08. The van der Waals surface area contributed by atoms with E-state index < -0.39 is 11.9 Å². The molecule has 0 fully saturated rings. The first-order valence-electron chi connectivity index (χ1n) is 3.04. The van der Waals surface area contributed by atoms with E-state index >= 15 is 0 Å². The molecule has 0 saturated carbocycles. The van der Waals surface area contributed by atoms with Crippen molar-refractivity contribution in [3.8, 4) is 0 Å². The first-order chi connectivity index (χ1) is 5.38. The van der Waals surface area contributed by atoms with Gasteiger partial charge < -0.3 is 30.6 Å². The Morgan fingerprint density at radius 3 is 1.31 bits per heavy atom. The number of carboxylic acids is 2. The number of aliphatic hydroxyl groups is 1. The van der Waals surface area contributed by atoms with E-state index in [4.69, 9.17) is 30.6 Å². The number of aliphatic carboxylic acids is 2. The SMILES string of the molecule is CC(=O)[O-].CC(=O)[O-].NCCO.[Pd+2].